The SMILES string of the molecule is Cc1cc(OC[C@@H](O)CN2CCN(C[C@H](O)COC(C)C)CC2)cc(C)c1Cl. The van der Waals surface area contributed by atoms with E-state index < -0.39 is 12.2 Å². The highest BCUT2D eigenvalue weighted by Crippen LogP contribution is 2.25. The highest BCUT2D eigenvalue weighted by atomic mass is 35.5. The Balaban J connectivity index is 1.67. The number of piperazine rings is 1. The van der Waals surface area contributed by atoms with Crippen molar-refractivity contribution >= 4 is 11.6 Å². The Kier molecular flexibility index (Phi) is 9.47. The first kappa shape index (κ1) is 23.4. The molecule has 2 N–H and O–H groups in total. The molecule has 0 radical (unpaired) electrons. The van der Waals surface area contributed by atoms with Crippen LogP contribution < -0.4 is 4.74 Å². The topological polar surface area (TPSA) is 65.4 Å². The lowest BCUT2D eigenvalue weighted by Crippen LogP contribution is -2.51. The summed E-state index contributed by atoms with van der Waals surface area (Å²) in [6, 6.07) is 3.80. The Morgan fingerprint density at radius 1 is 0.929 bits per heavy atom. The average Bonchev–Trinajstić information content (AvgIpc) is 2.64. The molecule has 2 atom stereocenters. The predicted octanol–water partition coefficient (Wildman–Crippen LogP) is 2.10. The maximum atomic E-state index is 10.3. The van der Waals surface area contributed by atoms with Crippen LogP contribution in [-0.4, -0.2) is 90.8 Å². The van der Waals surface area contributed by atoms with E-state index >= 15 is 0 Å². The van der Waals surface area contributed by atoms with Crippen LogP contribution in [0.3, 0.4) is 0 Å². The minimum absolute atomic E-state index is 0.135. The van der Waals surface area contributed by atoms with Gasteiger partial charge in [0.05, 0.1) is 18.8 Å². The molecule has 0 spiro atoms. The van der Waals surface area contributed by atoms with Crippen LogP contribution in [0.2, 0.25) is 5.02 Å². The second-order valence-corrected chi connectivity index (χ2v) is 8.35. The van der Waals surface area contributed by atoms with Gasteiger partial charge in [0.2, 0.25) is 0 Å². The molecule has 0 unspecified atom stereocenters. The molecule has 160 valence electrons. The molecule has 1 saturated heterocycles. The summed E-state index contributed by atoms with van der Waals surface area (Å²) in [5.41, 5.74) is 1.95. The van der Waals surface area contributed by atoms with E-state index in [9.17, 15) is 10.2 Å². The molecule has 1 aliphatic rings. The van der Waals surface area contributed by atoms with E-state index in [1.165, 1.54) is 0 Å². The summed E-state index contributed by atoms with van der Waals surface area (Å²) in [7, 11) is 0. The van der Waals surface area contributed by atoms with Crippen LogP contribution in [0.25, 0.3) is 0 Å². The summed E-state index contributed by atoms with van der Waals surface area (Å²) in [5.74, 6) is 0.737. The zero-order chi connectivity index (χ0) is 20.7. The van der Waals surface area contributed by atoms with Crippen LogP contribution in [0.5, 0.6) is 5.75 Å². The number of nitrogens with zero attached hydrogens (tertiary/aromatic N) is 2. The molecule has 7 heteroatoms. The Morgan fingerprint density at radius 2 is 1.39 bits per heavy atom. The van der Waals surface area contributed by atoms with Gasteiger partial charge in [0, 0.05) is 44.3 Å². The largest absolute Gasteiger partial charge is 0.491 e. The van der Waals surface area contributed by atoms with Gasteiger partial charge in [0.25, 0.3) is 0 Å². The third kappa shape index (κ3) is 7.85. The summed E-state index contributed by atoms with van der Waals surface area (Å²) in [6.45, 7) is 13.2. The van der Waals surface area contributed by atoms with Gasteiger partial charge in [0.1, 0.15) is 18.5 Å². The molecule has 1 aliphatic heterocycles. The molecular weight excluding hydrogens is 380 g/mol. The number of rotatable bonds is 10. The van der Waals surface area contributed by atoms with Crippen molar-refractivity contribution in [3.05, 3.63) is 28.3 Å². The second kappa shape index (κ2) is 11.3. The zero-order valence-corrected chi connectivity index (χ0v) is 18.3. The van der Waals surface area contributed by atoms with E-state index in [1.807, 2.05) is 39.8 Å². The van der Waals surface area contributed by atoms with Crippen molar-refractivity contribution in [3.8, 4) is 5.75 Å². The number of hydrogen-bond donors (Lipinski definition) is 2. The molecule has 0 amide bonds. The maximum absolute atomic E-state index is 10.3. The molecule has 1 fully saturated rings. The second-order valence-electron chi connectivity index (χ2n) is 7.97. The number of hydrogen-bond acceptors (Lipinski definition) is 6. The maximum Gasteiger partial charge on any atom is 0.120 e. The van der Waals surface area contributed by atoms with Crippen molar-refractivity contribution in [2.45, 2.75) is 46.0 Å². The van der Waals surface area contributed by atoms with Crippen molar-refractivity contribution in [3.63, 3.8) is 0 Å². The quantitative estimate of drug-likeness (QED) is 0.611. The third-order valence-corrected chi connectivity index (χ3v) is 5.47. The number of aliphatic hydroxyl groups is 2. The molecule has 1 aromatic rings. The number of β-amino-alcohol motifs (C(OH)–C–C–N with tert-alkyl or cyclic N) is 2. The van der Waals surface area contributed by atoms with Gasteiger partial charge in [-0.05, 0) is 51.0 Å². The van der Waals surface area contributed by atoms with E-state index in [0.717, 1.165) is 48.1 Å². The van der Waals surface area contributed by atoms with Crippen molar-refractivity contribution in [2.24, 2.45) is 0 Å². The summed E-state index contributed by atoms with van der Waals surface area (Å²) in [6.07, 6.45) is -0.872. The van der Waals surface area contributed by atoms with Crippen LogP contribution in [-0.2, 0) is 4.74 Å². The zero-order valence-electron chi connectivity index (χ0n) is 17.5. The highest BCUT2D eigenvalue weighted by molar-refractivity contribution is 6.32. The van der Waals surface area contributed by atoms with Crippen LogP contribution in [0.4, 0.5) is 0 Å². The first-order chi connectivity index (χ1) is 13.2. The van der Waals surface area contributed by atoms with Gasteiger partial charge in [-0.1, -0.05) is 11.6 Å². The Morgan fingerprint density at radius 3 is 1.86 bits per heavy atom. The van der Waals surface area contributed by atoms with Gasteiger partial charge >= 0.3 is 0 Å². The number of benzene rings is 1. The van der Waals surface area contributed by atoms with E-state index in [4.69, 9.17) is 21.1 Å². The van der Waals surface area contributed by atoms with Crippen LogP contribution in [0.15, 0.2) is 12.1 Å². The van der Waals surface area contributed by atoms with Crippen molar-refractivity contribution in [2.75, 3.05) is 52.5 Å². The summed E-state index contributed by atoms with van der Waals surface area (Å²) in [5, 5.41) is 21.1. The normalized spacial score (nSPS) is 18.4. The van der Waals surface area contributed by atoms with Crippen LogP contribution in [0, 0.1) is 13.8 Å². The van der Waals surface area contributed by atoms with Gasteiger partial charge in [-0.2, -0.15) is 0 Å². The van der Waals surface area contributed by atoms with Crippen molar-refractivity contribution < 1.29 is 19.7 Å². The lowest BCUT2D eigenvalue weighted by atomic mass is 10.1. The molecule has 0 saturated carbocycles. The Labute approximate surface area is 174 Å². The smallest absolute Gasteiger partial charge is 0.120 e. The van der Waals surface area contributed by atoms with Gasteiger partial charge in [0.15, 0.2) is 0 Å². The monoisotopic (exact) mass is 414 g/mol. The molecule has 0 aliphatic carbocycles. The fraction of sp³-hybridized carbons (Fsp3) is 0.714. The van der Waals surface area contributed by atoms with Gasteiger partial charge in [-0.3, -0.25) is 9.80 Å². The third-order valence-electron chi connectivity index (χ3n) is 4.88. The standard InChI is InChI=1S/C21H35ClN2O4/c1-15(2)27-13-18(25)11-23-5-7-24(8-6-23)12-19(26)14-28-20-9-16(3)21(22)17(4)10-20/h9-10,15,18-19,25-26H,5-8,11-14H2,1-4H3/t18-,19-/m0/s1. The lowest BCUT2D eigenvalue weighted by Gasteiger charge is -2.36. The molecule has 0 bridgehead atoms. The first-order valence-corrected chi connectivity index (χ1v) is 10.4. The Bertz CT molecular complexity index is 583. The number of halogens is 1. The number of aliphatic hydroxyl groups excluding tert-OH is 2. The van der Waals surface area contributed by atoms with Crippen molar-refractivity contribution in [1.29, 1.82) is 0 Å². The summed E-state index contributed by atoms with van der Waals surface area (Å²) >= 11 is 6.18. The van der Waals surface area contributed by atoms with E-state index in [2.05, 4.69) is 9.80 Å². The lowest BCUT2D eigenvalue weighted by molar-refractivity contribution is -0.0176. The average molecular weight is 415 g/mol. The molecule has 6 nitrogen and oxygen atoms in total. The molecule has 1 heterocycles. The van der Waals surface area contributed by atoms with E-state index in [-0.39, 0.29) is 12.7 Å². The van der Waals surface area contributed by atoms with Gasteiger partial charge < -0.3 is 19.7 Å². The van der Waals surface area contributed by atoms with Crippen molar-refractivity contribution in [1.82, 2.24) is 9.80 Å². The first-order valence-electron chi connectivity index (χ1n) is 10.1. The fourth-order valence-electron chi connectivity index (χ4n) is 3.34. The summed E-state index contributed by atoms with van der Waals surface area (Å²) in [4.78, 5) is 4.48. The minimum Gasteiger partial charge on any atom is -0.491 e. The van der Waals surface area contributed by atoms with Crippen LogP contribution in [0.1, 0.15) is 25.0 Å². The highest BCUT2D eigenvalue weighted by Gasteiger charge is 2.21. The molecule has 2 rings (SSSR count). The predicted molar refractivity (Wildman–Crippen MR) is 112 cm³/mol. The minimum atomic E-state index is -0.548. The van der Waals surface area contributed by atoms with E-state index in [1.54, 1.807) is 0 Å². The fourth-order valence-corrected chi connectivity index (χ4v) is 3.45. The summed E-state index contributed by atoms with van der Waals surface area (Å²) < 4.78 is 11.2. The molecule has 0 aromatic heterocycles. The Hall–Kier alpha value is -0.890. The number of aryl methyl sites for hydroxylation is 2. The van der Waals surface area contributed by atoms with Crippen LogP contribution >= 0.6 is 11.6 Å². The van der Waals surface area contributed by atoms with Gasteiger partial charge in [-0.25, -0.2) is 0 Å². The number of ether oxygens (including phenoxy) is 2. The molecule has 28 heavy (non-hydrogen) atoms. The van der Waals surface area contributed by atoms with E-state index in [0.29, 0.717) is 19.7 Å². The van der Waals surface area contributed by atoms with Gasteiger partial charge in [-0.15, -0.1) is 0 Å². The molecule has 1 aromatic carbocycles. The molecular formula is C21H35ClN2O4.